The van der Waals surface area contributed by atoms with Crippen LogP contribution in [0.15, 0.2) is 48.5 Å². The van der Waals surface area contributed by atoms with E-state index in [1.54, 1.807) is 12.1 Å². The number of rotatable bonds is 6. The number of carboxylic acids is 1. The molecule has 0 unspecified atom stereocenters. The zero-order valence-corrected chi connectivity index (χ0v) is 14.1. The minimum atomic E-state index is -3.85. The molecule has 0 heterocycles. The largest absolute Gasteiger partial charge is 0.480 e. The van der Waals surface area contributed by atoms with Crippen molar-refractivity contribution in [3.05, 3.63) is 54.1 Å². The molecule has 0 aliphatic carbocycles. The van der Waals surface area contributed by atoms with Gasteiger partial charge in [0.2, 0.25) is 10.0 Å². The maximum absolute atomic E-state index is 12.0. The maximum Gasteiger partial charge on any atom is 0.324 e. The summed E-state index contributed by atoms with van der Waals surface area (Å²) in [6.07, 6.45) is 0.908. The number of ketones is 1. The molecule has 0 radical (unpaired) electrons. The van der Waals surface area contributed by atoms with Gasteiger partial charge < -0.3 is 5.11 Å². The maximum atomic E-state index is 12.0. The van der Waals surface area contributed by atoms with Gasteiger partial charge in [-0.15, -0.1) is 0 Å². The van der Waals surface area contributed by atoms with Crippen LogP contribution in [0.5, 0.6) is 0 Å². The Morgan fingerprint density at radius 1 is 1.04 bits per heavy atom. The van der Waals surface area contributed by atoms with Crippen molar-refractivity contribution >= 4 is 27.5 Å². The number of hydrogen-bond donors (Lipinski definition) is 1. The topological polar surface area (TPSA) is 91.8 Å². The molecular formula is C17H17NO5S. The third kappa shape index (κ3) is 3.99. The van der Waals surface area contributed by atoms with Crippen LogP contribution < -0.4 is 4.31 Å². The Bertz CT molecular complexity index is 875. The Labute approximate surface area is 140 Å². The summed E-state index contributed by atoms with van der Waals surface area (Å²) < 4.78 is 24.6. The van der Waals surface area contributed by atoms with Gasteiger partial charge in [0.1, 0.15) is 6.54 Å². The number of Topliss-reactive ketones (excluding diaryl/α,β-unsaturated/α-hetero) is 1. The summed E-state index contributed by atoms with van der Waals surface area (Å²) in [4.78, 5) is 23.0. The van der Waals surface area contributed by atoms with Gasteiger partial charge in [-0.25, -0.2) is 8.42 Å². The molecule has 0 fully saturated rings. The summed E-state index contributed by atoms with van der Waals surface area (Å²) in [6.45, 7) is 0.568. The summed E-state index contributed by atoms with van der Waals surface area (Å²) >= 11 is 0. The number of carbonyl (C=O) groups excluding carboxylic acids is 1. The van der Waals surface area contributed by atoms with E-state index in [1.807, 2.05) is 30.3 Å². The van der Waals surface area contributed by atoms with Crippen LogP contribution in [0.2, 0.25) is 0 Å². The van der Waals surface area contributed by atoms with Crippen LogP contribution in [0.3, 0.4) is 0 Å². The summed E-state index contributed by atoms with van der Waals surface area (Å²) in [7, 11) is -3.85. The lowest BCUT2D eigenvalue weighted by Gasteiger charge is -2.23. The zero-order valence-electron chi connectivity index (χ0n) is 13.3. The van der Waals surface area contributed by atoms with Gasteiger partial charge in [0.25, 0.3) is 0 Å². The van der Waals surface area contributed by atoms with E-state index in [0.29, 0.717) is 0 Å². The van der Waals surface area contributed by atoms with Gasteiger partial charge in [0.15, 0.2) is 5.78 Å². The average Bonchev–Trinajstić information content (AvgIpc) is 2.52. The molecule has 0 bridgehead atoms. The second-order valence-electron chi connectivity index (χ2n) is 5.32. The predicted molar refractivity (Wildman–Crippen MR) is 91.7 cm³/mol. The molecule has 0 saturated carbocycles. The predicted octanol–water partition coefficient (Wildman–Crippen LogP) is 2.41. The van der Waals surface area contributed by atoms with Gasteiger partial charge in [-0.05, 0) is 30.2 Å². The fourth-order valence-corrected chi connectivity index (χ4v) is 3.21. The van der Waals surface area contributed by atoms with E-state index in [1.165, 1.54) is 13.0 Å². The Morgan fingerprint density at radius 3 is 2.17 bits per heavy atom. The van der Waals surface area contributed by atoms with Gasteiger partial charge in [-0.1, -0.05) is 36.4 Å². The zero-order chi connectivity index (χ0) is 17.9. The van der Waals surface area contributed by atoms with E-state index in [-0.39, 0.29) is 17.0 Å². The van der Waals surface area contributed by atoms with Gasteiger partial charge in [-0.2, -0.15) is 0 Å². The molecule has 0 saturated heterocycles. The van der Waals surface area contributed by atoms with Crippen LogP contribution in [-0.2, 0) is 14.8 Å². The first kappa shape index (κ1) is 17.7. The van der Waals surface area contributed by atoms with Gasteiger partial charge >= 0.3 is 5.97 Å². The first-order chi connectivity index (χ1) is 11.2. The Kier molecular flexibility index (Phi) is 5.04. The molecule has 0 aliphatic rings. The molecule has 0 spiro atoms. The number of sulfonamides is 1. The molecule has 0 aromatic heterocycles. The fourth-order valence-electron chi connectivity index (χ4n) is 2.35. The SMILES string of the molecule is CC(=O)c1cc(-c2ccccc2)ccc1N(CC(=O)O)S(C)(=O)=O. The highest BCUT2D eigenvalue weighted by Crippen LogP contribution is 2.29. The second-order valence-corrected chi connectivity index (χ2v) is 7.22. The van der Waals surface area contributed by atoms with Crippen molar-refractivity contribution in [2.45, 2.75) is 6.92 Å². The average molecular weight is 347 g/mol. The van der Waals surface area contributed by atoms with E-state index >= 15 is 0 Å². The summed E-state index contributed by atoms with van der Waals surface area (Å²) in [5.41, 5.74) is 1.83. The number of nitrogens with zero attached hydrogens (tertiary/aromatic N) is 1. The van der Waals surface area contributed by atoms with E-state index in [2.05, 4.69) is 0 Å². The number of hydrogen-bond acceptors (Lipinski definition) is 4. The third-order valence-corrected chi connectivity index (χ3v) is 4.56. The smallest absolute Gasteiger partial charge is 0.324 e. The highest BCUT2D eigenvalue weighted by atomic mass is 32.2. The molecule has 0 atom stereocenters. The summed E-state index contributed by atoms with van der Waals surface area (Å²) in [6, 6.07) is 14.0. The van der Waals surface area contributed by atoms with Gasteiger partial charge in [-0.3, -0.25) is 13.9 Å². The first-order valence-corrected chi connectivity index (χ1v) is 8.95. The molecule has 2 rings (SSSR count). The Morgan fingerprint density at radius 2 is 1.67 bits per heavy atom. The number of carbonyl (C=O) groups is 2. The molecule has 7 heteroatoms. The first-order valence-electron chi connectivity index (χ1n) is 7.10. The standard InChI is InChI=1S/C17H17NO5S/c1-12(19)15-10-14(13-6-4-3-5-7-13)8-9-16(15)18(11-17(20)21)24(2,22)23/h3-10H,11H2,1-2H3,(H,20,21). The van der Waals surface area contributed by atoms with Crippen molar-refractivity contribution in [1.82, 2.24) is 0 Å². The molecule has 2 aromatic rings. The highest BCUT2D eigenvalue weighted by molar-refractivity contribution is 7.92. The van der Waals surface area contributed by atoms with Gasteiger partial charge in [0, 0.05) is 5.56 Å². The Balaban J connectivity index is 2.62. The molecule has 6 nitrogen and oxygen atoms in total. The fraction of sp³-hybridized carbons (Fsp3) is 0.176. The highest BCUT2D eigenvalue weighted by Gasteiger charge is 2.24. The second kappa shape index (κ2) is 6.84. The third-order valence-electron chi connectivity index (χ3n) is 3.43. The minimum Gasteiger partial charge on any atom is -0.480 e. The normalized spacial score (nSPS) is 11.1. The monoisotopic (exact) mass is 347 g/mol. The van der Waals surface area contributed by atoms with Gasteiger partial charge in [0.05, 0.1) is 11.9 Å². The van der Waals surface area contributed by atoms with Crippen LogP contribution >= 0.6 is 0 Å². The van der Waals surface area contributed by atoms with Crippen molar-refractivity contribution in [2.24, 2.45) is 0 Å². The van der Waals surface area contributed by atoms with Crippen molar-refractivity contribution < 1.29 is 23.1 Å². The Hall–Kier alpha value is -2.67. The summed E-state index contributed by atoms with van der Waals surface area (Å²) in [5, 5.41) is 8.98. The van der Waals surface area contributed by atoms with Crippen LogP contribution in [0.25, 0.3) is 11.1 Å². The van der Waals surface area contributed by atoms with E-state index < -0.39 is 22.5 Å². The summed E-state index contributed by atoms with van der Waals surface area (Å²) in [5.74, 6) is -1.65. The molecule has 0 amide bonds. The lowest BCUT2D eigenvalue weighted by molar-refractivity contribution is -0.135. The molecular weight excluding hydrogens is 330 g/mol. The van der Waals surface area contributed by atoms with E-state index in [4.69, 9.17) is 5.11 Å². The number of aliphatic carboxylic acids is 1. The van der Waals surface area contributed by atoms with Crippen LogP contribution in [0, 0.1) is 0 Å². The van der Waals surface area contributed by atoms with Crippen molar-refractivity contribution in [3.8, 4) is 11.1 Å². The van der Waals surface area contributed by atoms with E-state index in [0.717, 1.165) is 21.7 Å². The molecule has 24 heavy (non-hydrogen) atoms. The molecule has 2 aromatic carbocycles. The quantitative estimate of drug-likeness (QED) is 0.810. The minimum absolute atomic E-state index is 0.0621. The van der Waals surface area contributed by atoms with Crippen molar-refractivity contribution in [3.63, 3.8) is 0 Å². The molecule has 0 aliphatic heterocycles. The number of benzene rings is 2. The van der Waals surface area contributed by atoms with E-state index in [9.17, 15) is 18.0 Å². The molecule has 126 valence electrons. The van der Waals surface area contributed by atoms with Crippen LogP contribution in [0.1, 0.15) is 17.3 Å². The van der Waals surface area contributed by atoms with Crippen molar-refractivity contribution in [2.75, 3.05) is 17.1 Å². The van der Waals surface area contributed by atoms with Crippen molar-refractivity contribution in [1.29, 1.82) is 0 Å². The number of anilines is 1. The molecule has 1 N–H and O–H groups in total. The van der Waals surface area contributed by atoms with Crippen LogP contribution in [-0.4, -0.2) is 38.1 Å². The lowest BCUT2D eigenvalue weighted by Crippen LogP contribution is -2.35. The van der Waals surface area contributed by atoms with Crippen LogP contribution in [0.4, 0.5) is 5.69 Å². The number of carboxylic acid groups (broad SMARTS) is 1. The lowest BCUT2D eigenvalue weighted by atomic mass is 10.00.